The first kappa shape index (κ1) is 48.2. The third-order valence-electron chi connectivity index (χ3n) is 14.5. The highest BCUT2D eigenvalue weighted by Crippen LogP contribution is 2.54. The van der Waals surface area contributed by atoms with Crippen LogP contribution >= 0.6 is 0 Å². The zero-order valence-electron chi connectivity index (χ0n) is 39.1. The molecule has 0 radical (unpaired) electrons. The van der Waals surface area contributed by atoms with Gasteiger partial charge >= 0.3 is 11.8 Å². The van der Waals surface area contributed by atoms with Crippen molar-refractivity contribution in [1.82, 2.24) is 50.4 Å². The van der Waals surface area contributed by atoms with Gasteiger partial charge in [0.25, 0.3) is 0 Å². The number of rotatable bonds is 15. The maximum absolute atomic E-state index is 16.1. The fourth-order valence-electron chi connectivity index (χ4n) is 10.4. The van der Waals surface area contributed by atoms with Crippen molar-refractivity contribution < 1.29 is 46.0 Å². The second-order valence-corrected chi connectivity index (χ2v) is 19.3. The first-order valence-electron chi connectivity index (χ1n) is 24.2. The highest BCUT2D eigenvalue weighted by Gasteiger charge is 2.52. The molecule has 21 heteroatoms. The Labute approximate surface area is 410 Å². The van der Waals surface area contributed by atoms with Gasteiger partial charge in [0.2, 0.25) is 41.4 Å². The zero-order chi connectivity index (χ0) is 50.4. The van der Waals surface area contributed by atoms with E-state index in [1.165, 1.54) is 7.05 Å². The van der Waals surface area contributed by atoms with E-state index in [2.05, 4.69) is 31.0 Å². The number of aromatic nitrogens is 4. The van der Waals surface area contributed by atoms with E-state index in [0.717, 1.165) is 27.3 Å². The molecule has 3 N–H and O–H groups in total. The highest BCUT2D eigenvalue weighted by atomic mass is 19.1. The number of halogens is 4. The monoisotopic (exact) mass is 992 g/mol. The summed E-state index contributed by atoms with van der Waals surface area (Å²) in [7, 11) is 1.35. The molecule has 3 saturated heterocycles. The maximum atomic E-state index is 16.1. The SMILES string of the molecule is Cn1nc(CC(=O)N2C[C@H](F)C[C@H]2C(=O)N[C@@H](c2ccccc2)c2ccc(C3CC3C3CCN3C(=O)NCC(=O)N3C[C@H](F)C[C@H]3C(=O)N[C@@H](c3ccccc3)c3ccc(C4CC4)c(F)n3)c(F)n2)oc1=O. The predicted molar refractivity (Wildman–Crippen MR) is 248 cm³/mol. The summed E-state index contributed by atoms with van der Waals surface area (Å²) in [6, 6.07) is 19.0. The van der Waals surface area contributed by atoms with Gasteiger partial charge in [-0.1, -0.05) is 72.8 Å². The van der Waals surface area contributed by atoms with Crippen molar-refractivity contribution in [3.8, 4) is 0 Å². The Kier molecular flexibility index (Phi) is 13.4. The predicted octanol–water partition coefficient (Wildman–Crippen LogP) is 4.44. The van der Waals surface area contributed by atoms with Crippen molar-refractivity contribution in [1.29, 1.82) is 0 Å². The zero-order valence-corrected chi connectivity index (χ0v) is 39.1. The van der Waals surface area contributed by atoms with Crippen molar-refractivity contribution in [2.45, 2.75) is 99.3 Å². The van der Waals surface area contributed by atoms with Gasteiger partial charge in [0.1, 0.15) is 30.8 Å². The minimum Gasteiger partial charge on any atom is -0.392 e. The number of likely N-dealkylation sites (tertiary alicyclic amines) is 3. The number of pyridine rings is 2. The van der Waals surface area contributed by atoms with Crippen LogP contribution in [0.5, 0.6) is 0 Å². The van der Waals surface area contributed by atoms with E-state index in [1.807, 2.05) is 0 Å². The van der Waals surface area contributed by atoms with Crippen LogP contribution in [0.15, 0.2) is 94.1 Å². The second kappa shape index (κ2) is 20.0. The standard InChI is InChI=1S/C51H52F4N10O7/c1-62-51(71)72-41(61-62)23-42(66)64-25-30(52)20-39(64)48(68)59-45(29-10-6-3-7-11-29)37-17-15-33(47(55)58-37)34-22-35(34)38-18-19-63(38)50(70)56-24-43(67)65-26-31(53)21-40(65)49(69)60-44(28-8-4-2-5-9-28)36-16-14-32(27-12-13-27)46(54)57-36/h2-11,14-17,27,30-31,34-35,38-40,44-45H,12-13,18-26H2,1H3,(H,56,70)(H,59,68)(H,60,69)/t30-,31-,34?,35?,38?,39+,40+,44+,45+/m1/s1. The molecule has 3 aliphatic heterocycles. The third kappa shape index (κ3) is 10.1. The molecule has 6 amide bonds. The average Bonchev–Trinajstić information content (AvgIpc) is 4.24. The molecular weight excluding hydrogens is 941 g/mol. The minimum atomic E-state index is -1.50. The van der Waals surface area contributed by atoms with E-state index in [1.54, 1.807) is 89.8 Å². The van der Waals surface area contributed by atoms with Crippen molar-refractivity contribution in [2.75, 3.05) is 26.2 Å². The Bertz CT molecular complexity index is 2940. The first-order valence-corrected chi connectivity index (χ1v) is 24.2. The fraction of sp³-hybridized carbons (Fsp3) is 0.431. The molecule has 5 aliphatic rings. The molecule has 5 aromatic rings. The molecule has 0 spiro atoms. The van der Waals surface area contributed by atoms with Crippen LogP contribution in [-0.2, 0) is 32.6 Å². The van der Waals surface area contributed by atoms with Gasteiger partial charge in [-0.2, -0.15) is 13.5 Å². The Morgan fingerprint density at radius 1 is 0.694 bits per heavy atom. The molecule has 10 rings (SSSR count). The van der Waals surface area contributed by atoms with E-state index < -0.39 is 96.8 Å². The summed E-state index contributed by atoms with van der Waals surface area (Å²) >= 11 is 0. The van der Waals surface area contributed by atoms with Gasteiger partial charge in [-0.05, 0) is 66.7 Å². The molecule has 6 heterocycles. The molecular formula is C51H52F4N10O7. The number of nitrogens with zero attached hydrogens (tertiary/aromatic N) is 7. The summed E-state index contributed by atoms with van der Waals surface area (Å²) in [4.78, 5) is 92.1. The van der Waals surface area contributed by atoms with Crippen molar-refractivity contribution >= 4 is 29.7 Å². The number of carbonyl (C=O) groups is 5. The lowest BCUT2D eigenvalue weighted by Gasteiger charge is -2.41. The number of amides is 6. The number of nitrogens with one attached hydrogen (secondary N) is 3. The molecule has 3 aromatic heterocycles. The lowest BCUT2D eigenvalue weighted by atomic mass is 9.95. The molecule has 2 saturated carbocycles. The van der Waals surface area contributed by atoms with Gasteiger partial charge in [0.15, 0.2) is 0 Å². The van der Waals surface area contributed by atoms with Crippen molar-refractivity contribution in [2.24, 2.45) is 13.0 Å². The molecule has 9 atom stereocenters. The summed E-state index contributed by atoms with van der Waals surface area (Å²) in [5.41, 5.74) is 2.43. The van der Waals surface area contributed by atoms with Gasteiger partial charge < -0.3 is 35.1 Å². The van der Waals surface area contributed by atoms with Crippen molar-refractivity contribution in [3.05, 3.63) is 147 Å². The second-order valence-electron chi connectivity index (χ2n) is 19.3. The number of benzene rings is 2. The largest absolute Gasteiger partial charge is 0.436 e. The van der Waals surface area contributed by atoms with E-state index >= 15 is 8.78 Å². The summed E-state index contributed by atoms with van der Waals surface area (Å²) < 4.78 is 66.9. The molecule has 2 aromatic carbocycles. The van der Waals surface area contributed by atoms with Gasteiger partial charge in [-0.15, -0.1) is 5.10 Å². The number of hydrogen-bond donors (Lipinski definition) is 3. The van der Waals surface area contributed by atoms with E-state index in [4.69, 9.17) is 4.42 Å². The number of carbonyl (C=O) groups excluding carboxylic acids is 5. The fourth-order valence-corrected chi connectivity index (χ4v) is 10.4. The summed E-state index contributed by atoms with van der Waals surface area (Å²) in [5.74, 6) is -5.27. The molecule has 0 bridgehead atoms. The van der Waals surface area contributed by atoms with Gasteiger partial charge in [0.05, 0.1) is 43.1 Å². The lowest BCUT2D eigenvalue weighted by Crippen LogP contribution is -2.57. The van der Waals surface area contributed by atoms with Crippen LogP contribution in [0.2, 0.25) is 0 Å². The van der Waals surface area contributed by atoms with Crippen LogP contribution < -0.4 is 21.7 Å². The quantitative estimate of drug-likeness (QED) is 0.0994. The molecule has 5 fully saturated rings. The molecule has 376 valence electrons. The van der Waals surface area contributed by atoms with Crippen LogP contribution in [0.3, 0.4) is 0 Å². The lowest BCUT2D eigenvalue weighted by molar-refractivity contribution is -0.138. The normalized spacial score (nSPS) is 24.3. The van der Waals surface area contributed by atoms with Gasteiger partial charge in [0, 0.05) is 43.6 Å². The molecule has 17 nitrogen and oxygen atoms in total. The van der Waals surface area contributed by atoms with Crippen LogP contribution in [-0.4, -0.2) is 121 Å². The Balaban J connectivity index is 0.756. The smallest absolute Gasteiger partial charge is 0.392 e. The Morgan fingerprint density at radius 2 is 1.24 bits per heavy atom. The topological polar surface area (TPSA) is 205 Å². The number of alkyl halides is 2. The Hall–Kier alpha value is -7.45. The number of aryl methyl sites for hydroxylation is 1. The summed E-state index contributed by atoms with van der Waals surface area (Å²) in [6.07, 6.45) is -1.05. The van der Waals surface area contributed by atoms with Gasteiger partial charge in [-0.3, -0.25) is 19.2 Å². The maximum Gasteiger partial charge on any atom is 0.436 e. The number of hydrogen-bond acceptors (Lipinski definition) is 10. The summed E-state index contributed by atoms with van der Waals surface area (Å²) in [5, 5.41) is 12.2. The molecule has 2 aliphatic carbocycles. The van der Waals surface area contributed by atoms with Crippen molar-refractivity contribution in [3.63, 3.8) is 0 Å². The molecule has 72 heavy (non-hydrogen) atoms. The van der Waals surface area contributed by atoms with E-state index in [0.29, 0.717) is 41.6 Å². The Morgan fingerprint density at radius 3 is 1.72 bits per heavy atom. The minimum absolute atomic E-state index is 0.116. The third-order valence-corrected chi connectivity index (χ3v) is 14.5. The van der Waals surface area contributed by atoms with E-state index in [9.17, 15) is 37.5 Å². The first-order chi connectivity index (χ1) is 34.7. The van der Waals surface area contributed by atoms with Crippen LogP contribution in [0, 0.1) is 17.8 Å². The van der Waals surface area contributed by atoms with Gasteiger partial charge in [-0.25, -0.2) is 28.3 Å². The molecule has 3 unspecified atom stereocenters. The van der Waals surface area contributed by atoms with Crippen LogP contribution in [0.1, 0.15) is 102 Å². The average molecular weight is 993 g/mol. The highest BCUT2D eigenvalue weighted by molar-refractivity contribution is 5.91. The number of urea groups is 1. The summed E-state index contributed by atoms with van der Waals surface area (Å²) in [6.45, 7) is -0.827. The van der Waals surface area contributed by atoms with Crippen LogP contribution in [0.25, 0.3) is 0 Å². The van der Waals surface area contributed by atoms with E-state index in [-0.39, 0.29) is 67.0 Å². The van der Waals surface area contributed by atoms with Crippen LogP contribution in [0.4, 0.5) is 22.4 Å².